The highest BCUT2D eigenvalue weighted by Gasteiger charge is 2.08. The van der Waals surface area contributed by atoms with Gasteiger partial charge in [0.25, 0.3) is 5.91 Å². The van der Waals surface area contributed by atoms with Gasteiger partial charge in [-0.3, -0.25) is 4.79 Å². The van der Waals surface area contributed by atoms with Crippen LogP contribution in [0.1, 0.15) is 36.5 Å². The van der Waals surface area contributed by atoms with Crippen molar-refractivity contribution >= 4 is 33.7 Å². The Morgan fingerprint density at radius 1 is 0.968 bits per heavy atom. The summed E-state index contributed by atoms with van der Waals surface area (Å²) in [5.41, 5.74) is 5.76. The summed E-state index contributed by atoms with van der Waals surface area (Å²) in [5.74, 6) is 0.831. The van der Waals surface area contributed by atoms with Crippen LogP contribution in [0.25, 0.3) is 21.5 Å². The summed E-state index contributed by atoms with van der Waals surface area (Å²) in [4.78, 5) is 12.3. The van der Waals surface area contributed by atoms with Crippen LogP contribution in [0.15, 0.2) is 77.9 Å². The number of aryl methyl sites for hydroxylation is 1. The first-order valence-electron chi connectivity index (χ1n) is 10.5. The maximum atomic E-state index is 12.3. The third-order valence-corrected chi connectivity index (χ3v) is 5.43. The monoisotopic (exact) mass is 410 g/mol. The Balaban J connectivity index is 1.49. The molecule has 0 heterocycles. The summed E-state index contributed by atoms with van der Waals surface area (Å²) in [7, 11) is 0. The van der Waals surface area contributed by atoms with Crippen LogP contribution < -0.4 is 10.2 Å². The lowest BCUT2D eigenvalue weighted by Gasteiger charge is -2.12. The molecule has 4 aromatic rings. The zero-order valence-electron chi connectivity index (χ0n) is 18.1. The number of hydrogen-bond acceptors (Lipinski definition) is 3. The number of hydrogen-bond donors (Lipinski definition) is 1. The number of benzene rings is 4. The molecule has 4 nitrogen and oxygen atoms in total. The van der Waals surface area contributed by atoms with Gasteiger partial charge in [0.2, 0.25) is 0 Å². The number of fused-ring (bicyclic) bond motifs is 2. The molecule has 0 saturated carbocycles. The molecule has 0 bridgehead atoms. The van der Waals surface area contributed by atoms with Gasteiger partial charge in [0.05, 0.1) is 6.21 Å². The zero-order chi connectivity index (χ0) is 21.8. The van der Waals surface area contributed by atoms with E-state index in [-0.39, 0.29) is 12.5 Å². The number of nitrogens with zero attached hydrogens (tertiary/aromatic N) is 1. The molecule has 0 aliphatic carbocycles. The molecular weight excluding hydrogens is 384 g/mol. The average Bonchev–Trinajstić information content (AvgIpc) is 2.78. The normalized spacial score (nSPS) is 11.5. The van der Waals surface area contributed by atoms with Crippen molar-refractivity contribution in [2.24, 2.45) is 5.10 Å². The molecule has 0 radical (unpaired) electrons. The van der Waals surface area contributed by atoms with Gasteiger partial charge in [-0.25, -0.2) is 5.43 Å². The summed E-state index contributed by atoms with van der Waals surface area (Å²) >= 11 is 0. The molecule has 1 amide bonds. The van der Waals surface area contributed by atoms with Gasteiger partial charge < -0.3 is 4.74 Å². The van der Waals surface area contributed by atoms with E-state index >= 15 is 0 Å². The van der Waals surface area contributed by atoms with E-state index in [1.807, 2.05) is 43.3 Å². The molecule has 0 aliphatic heterocycles. The SMILES string of the molecule is Cc1ccc(C(C)C)cc1OCC(=O)N/N=C\c1c2ccccc2cc2ccccc12. The minimum absolute atomic E-state index is 0.0873. The lowest BCUT2D eigenvalue weighted by Crippen LogP contribution is -2.24. The molecule has 0 unspecified atom stereocenters. The van der Waals surface area contributed by atoms with Crippen LogP contribution in [0.2, 0.25) is 0 Å². The van der Waals surface area contributed by atoms with Gasteiger partial charge in [-0.15, -0.1) is 0 Å². The van der Waals surface area contributed by atoms with Gasteiger partial charge in [-0.05, 0) is 57.6 Å². The third-order valence-electron chi connectivity index (χ3n) is 5.43. The van der Waals surface area contributed by atoms with Crippen molar-refractivity contribution in [3.8, 4) is 5.75 Å². The van der Waals surface area contributed by atoms with E-state index < -0.39 is 0 Å². The first-order chi connectivity index (χ1) is 15.0. The van der Waals surface area contributed by atoms with Crippen molar-refractivity contribution in [2.75, 3.05) is 6.61 Å². The number of carbonyl (C=O) groups is 1. The van der Waals surface area contributed by atoms with Gasteiger partial charge in [0, 0.05) is 5.56 Å². The molecule has 0 saturated heterocycles. The number of ether oxygens (including phenoxy) is 1. The summed E-state index contributed by atoms with van der Waals surface area (Å²) in [6, 6.07) is 24.6. The fourth-order valence-corrected chi connectivity index (χ4v) is 3.66. The number of amides is 1. The van der Waals surface area contributed by atoms with E-state index in [0.717, 1.165) is 38.4 Å². The van der Waals surface area contributed by atoms with Crippen LogP contribution >= 0.6 is 0 Å². The Kier molecular flexibility index (Phi) is 5.99. The van der Waals surface area contributed by atoms with E-state index in [4.69, 9.17) is 4.74 Å². The topological polar surface area (TPSA) is 50.7 Å². The maximum absolute atomic E-state index is 12.3. The minimum Gasteiger partial charge on any atom is -0.483 e. The molecule has 31 heavy (non-hydrogen) atoms. The van der Waals surface area contributed by atoms with Gasteiger partial charge in [0.15, 0.2) is 6.61 Å². The number of hydrazone groups is 1. The Morgan fingerprint density at radius 2 is 1.61 bits per heavy atom. The number of nitrogens with one attached hydrogen (secondary N) is 1. The molecule has 0 fully saturated rings. The number of rotatable bonds is 6. The van der Waals surface area contributed by atoms with Crippen molar-refractivity contribution in [3.63, 3.8) is 0 Å². The van der Waals surface area contributed by atoms with E-state index in [1.54, 1.807) is 6.21 Å². The summed E-state index contributed by atoms with van der Waals surface area (Å²) in [6.07, 6.45) is 1.72. The molecule has 1 N–H and O–H groups in total. The van der Waals surface area contributed by atoms with E-state index in [9.17, 15) is 4.79 Å². The Bertz CT molecular complexity index is 1220. The third kappa shape index (κ3) is 4.58. The highest BCUT2D eigenvalue weighted by molar-refractivity contribution is 6.13. The second-order valence-corrected chi connectivity index (χ2v) is 7.99. The summed E-state index contributed by atoms with van der Waals surface area (Å²) in [5, 5.41) is 8.68. The Hall–Kier alpha value is -3.66. The lowest BCUT2D eigenvalue weighted by atomic mass is 9.97. The highest BCUT2D eigenvalue weighted by atomic mass is 16.5. The summed E-state index contributed by atoms with van der Waals surface area (Å²) in [6.45, 7) is 6.15. The Labute approximate surface area is 182 Å². The molecule has 156 valence electrons. The molecule has 0 atom stereocenters. The fraction of sp³-hybridized carbons (Fsp3) is 0.185. The van der Waals surface area contributed by atoms with E-state index in [1.165, 1.54) is 5.56 Å². The van der Waals surface area contributed by atoms with Gasteiger partial charge in [0.1, 0.15) is 5.75 Å². The largest absolute Gasteiger partial charge is 0.483 e. The molecule has 0 aromatic heterocycles. The second-order valence-electron chi connectivity index (χ2n) is 7.99. The molecular formula is C27H26N2O2. The molecule has 4 rings (SSSR count). The van der Waals surface area contributed by atoms with Crippen LogP contribution in [0.4, 0.5) is 0 Å². The van der Waals surface area contributed by atoms with Gasteiger partial charge in [-0.2, -0.15) is 5.10 Å². The fourth-order valence-electron chi connectivity index (χ4n) is 3.66. The molecule has 4 heteroatoms. The first kappa shape index (κ1) is 20.6. The molecule has 0 spiro atoms. The van der Waals surface area contributed by atoms with Gasteiger partial charge >= 0.3 is 0 Å². The molecule has 4 aromatic carbocycles. The van der Waals surface area contributed by atoms with Gasteiger partial charge in [-0.1, -0.05) is 74.5 Å². The van der Waals surface area contributed by atoms with Crippen molar-refractivity contribution in [1.29, 1.82) is 0 Å². The Morgan fingerprint density at radius 3 is 2.26 bits per heavy atom. The van der Waals surface area contributed by atoms with Crippen LogP contribution in [0, 0.1) is 6.92 Å². The van der Waals surface area contributed by atoms with Crippen LogP contribution in [0.3, 0.4) is 0 Å². The standard InChI is InChI=1S/C27H26N2O2/c1-18(2)20-13-12-19(3)26(15-20)31-17-27(30)29-28-16-25-23-10-6-4-8-21(23)14-22-9-5-7-11-24(22)25/h4-16,18H,17H2,1-3H3,(H,29,30)/b28-16-. The minimum atomic E-state index is -0.296. The summed E-state index contributed by atoms with van der Waals surface area (Å²) < 4.78 is 5.75. The predicted octanol–water partition coefficient (Wildman–Crippen LogP) is 5.95. The van der Waals surface area contributed by atoms with E-state index in [2.05, 4.69) is 60.8 Å². The van der Waals surface area contributed by atoms with Crippen molar-refractivity contribution in [1.82, 2.24) is 5.43 Å². The van der Waals surface area contributed by atoms with Crippen molar-refractivity contribution in [3.05, 3.63) is 89.5 Å². The highest BCUT2D eigenvalue weighted by Crippen LogP contribution is 2.27. The van der Waals surface area contributed by atoms with Crippen LogP contribution in [0.5, 0.6) is 5.75 Å². The average molecular weight is 411 g/mol. The van der Waals surface area contributed by atoms with Crippen LogP contribution in [-0.4, -0.2) is 18.7 Å². The second kappa shape index (κ2) is 9.00. The lowest BCUT2D eigenvalue weighted by molar-refractivity contribution is -0.123. The smallest absolute Gasteiger partial charge is 0.277 e. The van der Waals surface area contributed by atoms with Crippen molar-refractivity contribution in [2.45, 2.75) is 26.7 Å². The first-order valence-corrected chi connectivity index (χ1v) is 10.5. The molecule has 0 aliphatic rings. The quantitative estimate of drug-likeness (QED) is 0.242. The maximum Gasteiger partial charge on any atom is 0.277 e. The predicted molar refractivity (Wildman–Crippen MR) is 128 cm³/mol. The number of carbonyl (C=O) groups excluding carboxylic acids is 1. The van der Waals surface area contributed by atoms with Crippen molar-refractivity contribution < 1.29 is 9.53 Å². The zero-order valence-corrected chi connectivity index (χ0v) is 18.1. The van der Waals surface area contributed by atoms with E-state index in [0.29, 0.717) is 5.92 Å². The van der Waals surface area contributed by atoms with Crippen LogP contribution in [-0.2, 0) is 4.79 Å².